The molecule has 7 nitrogen and oxygen atoms in total. The van der Waals surface area contributed by atoms with Gasteiger partial charge < -0.3 is 15.7 Å². The molecule has 2 aromatic heterocycles. The number of carbonyl (C=O) groups excluding carboxylic acids is 1. The molecule has 0 aliphatic carbocycles. The average molecular weight is 303 g/mol. The Balaban J connectivity index is 1.87. The molecule has 0 bridgehead atoms. The van der Waals surface area contributed by atoms with Crippen LogP contribution in [0.4, 0.5) is 4.79 Å². The molecule has 0 fully saturated rings. The van der Waals surface area contributed by atoms with Crippen LogP contribution in [0.5, 0.6) is 0 Å². The van der Waals surface area contributed by atoms with Crippen LogP contribution in [0.25, 0.3) is 0 Å². The Labute approximate surface area is 129 Å². The summed E-state index contributed by atoms with van der Waals surface area (Å²) in [5.74, 6) is 0. The van der Waals surface area contributed by atoms with Crippen LogP contribution in [0.15, 0.2) is 36.9 Å². The van der Waals surface area contributed by atoms with Crippen LogP contribution >= 0.6 is 0 Å². The first-order chi connectivity index (χ1) is 10.4. The van der Waals surface area contributed by atoms with Crippen molar-refractivity contribution < 1.29 is 9.90 Å². The van der Waals surface area contributed by atoms with Gasteiger partial charge in [0, 0.05) is 31.2 Å². The van der Waals surface area contributed by atoms with Crippen molar-refractivity contribution in [3.8, 4) is 0 Å². The highest BCUT2D eigenvalue weighted by Gasteiger charge is 2.25. The molecule has 2 aromatic rings. The van der Waals surface area contributed by atoms with Gasteiger partial charge in [0.2, 0.25) is 0 Å². The van der Waals surface area contributed by atoms with E-state index in [2.05, 4.69) is 20.7 Å². The van der Waals surface area contributed by atoms with Gasteiger partial charge >= 0.3 is 6.03 Å². The van der Waals surface area contributed by atoms with Crippen molar-refractivity contribution in [1.82, 2.24) is 25.4 Å². The Morgan fingerprint density at radius 1 is 1.45 bits per heavy atom. The number of urea groups is 1. The highest BCUT2D eigenvalue weighted by molar-refractivity contribution is 5.74. The summed E-state index contributed by atoms with van der Waals surface area (Å²) in [6.45, 7) is 3.61. The molecule has 3 N–H and O–H groups in total. The number of aliphatic hydroxyl groups is 1. The zero-order valence-electron chi connectivity index (χ0n) is 12.9. The molecule has 2 unspecified atom stereocenters. The monoisotopic (exact) mass is 303 g/mol. The number of hydrogen-bond acceptors (Lipinski definition) is 4. The highest BCUT2D eigenvalue weighted by Crippen LogP contribution is 2.18. The van der Waals surface area contributed by atoms with Gasteiger partial charge in [0.25, 0.3) is 0 Å². The standard InChI is InChI=1S/C15H21N5O2/c1-11(12-4-6-16-7-5-12)19-14(21)17-10-15(2,22)13-8-18-20(3)9-13/h4-9,11,22H,10H2,1-3H3,(H2,17,19,21). The molecule has 118 valence electrons. The number of amides is 2. The van der Waals surface area contributed by atoms with Gasteiger partial charge in [0.1, 0.15) is 5.60 Å². The first kappa shape index (κ1) is 16.0. The third-order valence-corrected chi connectivity index (χ3v) is 3.47. The van der Waals surface area contributed by atoms with Crippen LogP contribution in [-0.4, -0.2) is 32.4 Å². The molecule has 2 heterocycles. The molecule has 0 spiro atoms. The van der Waals surface area contributed by atoms with Gasteiger partial charge in [-0.15, -0.1) is 0 Å². The SMILES string of the molecule is CC(NC(=O)NCC(C)(O)c1cnn(C)c1)c1ccncc1. The summed E-state index contributed by atoms with van der Waals surface area (Å²) in [5, 5.41) is 19.9. The summed E-state index contributed by atoms with van der Waals surface area (Å²) in [6.07, 6.45) is 6.66. The maximum Gasteiger partial charge on any atom is 0.315 e. The Hall–Kier alpha value is -2.41. The van der Waals surface area contributed by atoms with Crippen molar-refractivity contribution in [2.75, 3.05) is 6.54 Å². The predicted molar refractivity (Wildman–Crippen MR) is 82.0 cm³/mol. The summed E-state index contributed by atoms with van der Waals surface area (Å²) in [7, 11) is 1.77. The molecule has 0 radical (unpaired) electrons. The average Bonchev–Trinajstić information content (AvgIpc) is 2.94. The van der Waals surface area contributed by atoms with Crippen LogP contribution in [0.2, 0.25) is 0 Å². The second-order valence-corrected chi connectivity index (χ2v) is 5.51. The van der Waals surface area contributed by atoms with Gasteiger partial charge in [-0.3, -0.25) is 9.67 Å². The smallest absolute Gasteiger partial charge is 0.315 e. The van der Waals surface area contributed by atoms with Crippen molar-refractivity contribution in [3.63, 3.8) is 0 Å². The van der Waals surface area contributed by atoms with Crippen molar-refractivity contribution >= 4 is 6.03 Å². The molecule has 0 aromatic carbocycles. The number of aromatic nitrogens is 3. The molecule has 7 heteroatoms. The quantitative estimate of drug-likeness (QED) is 0.771. The van der Waals surface area contributed by atoms with E-state index in [1.54, 1.807) is 43.4 Å². The number of aryl methyl sites for hydroxylation is 1. The first-order valence-electron chi connectivity index (χ1n) is 7.04. The van der Waals surface area contributed by atoms with Gasteiger partial charge in [-0.05, 0) is 31.5 Å². The maximum absolute atomic E-state index is 11.9. The van der Waals surface area contributed by atoms with Crippen LogP contribution in [-0.2, 0) is 12.6 Å². The molecule has 0 saturated carbocycles. The van der Waals surface area contributed by atoms with Crippen molar-refractivity contribution in [2.24, 2.45) is 7.05 Å². The molecule has 0 aliphatic heterocycles. The fraction of sp³-hybridized carbons (Fsp3) is 0.400. The Bertz CT molecular complexity index is 624. The lowest BCUT2D eigenvalue weighted by Gasteiger charge is -2.23. The third kappa shape index (κ3) is 4.05. The molecule has 2 rings (SSSR count). The molecule has 2 amide bonds. The van der Waals surface area contributed by atoms with E-state index in [1.165, 1.54) is 0 Å². The predicted octanol–water partition coefficient (Wildman–Crippen LogP) is 1.08. The number of hydrogen-bond donors (Lipinski definition) is 3. The Morgan fingerprint density at radius 3 is 2.73 bits per heavy atom. The molecular weight excluding hydrogens is 282 g/mol. The minimum absolute atomic E-state index is 0.0909. The second-order valence-electron chi connectivity index (χ2n) is 5.51. The summed E-state index contributed by atoms with van der Waals surface area (Å²) in [6, 6.07) is 3.20. The normalized spacial score (nSPS) is 14.9. The van der Waals surface area contributed by atoms with Gasteiger partial charge in [-0.25, -0.2) is 4.79 Å². The topological polar surface area (TPSA) is 92.1 Å². The number of nitrogens with zero attached hydrogens (tertiary/aromatic N) is 3. The van der Waals surface area contributed by atoms with E-state index in [4.69, 9.17) is 0 Å². The van der Waals surface area contributed by atoms with Gasteiger partial charge in [-0.2, -0.15) is 5.10 Å². The van der Waals surface area contributed by atoms with Gasteiger partial charge in [-0.1, -0.05) is 0 Å². The largest absolute Gasteiger partial charge is 0.383 e. The summed E-state index contributed by atoms with van der Waals surface area (Å²) >= 11 is 0. The van der Waals surface area contributed by atoms with E-state index < -0.39 is 5.60 Å². The fourth-order valence-corrected chi connectivity index (χ4v) is 2.04. The minimum Gasteiger partial charge on any atom is -0.383 e. The van der Waals surface area contributed by atoms with Crippen molar-refractivity contribution in [3.05, 3.63) is 48.0 Å². The zero-order valence-corrected chi connectivity index (χ0v) is 12.9. The number of rotatable bonds is 5. The lowest BCUT2D eigenvalue weighted by Crippen LogP contribution is -2.44. The van der Waals surface area contributed by atoms with Gasteiger partial charge in [0.05, 0.1) is 18.8 Å². The van der Waals surface area contributed by atoms with Crippen LogP contribution in [0.3, 0.4) is 0 Å². The Morgan fingerprint density at radius 2 is 2.14 bits per heavy atom. The second kappa shape index (κ2) is 6.57. The molecular formula is C15H21N5O2. The number of carbonyl (C=O) groups is 1. The van der Waals surface area contributed by atoms with Crippen LogP contribution in [0.1, 0.15) is 31.0 Å². The summed E-state index contributed by atoms with van der Waals surface area (Å²) in [5.41, 5.74) is 0.438. The van der Waals surface area contributed by atoms with E-state index in [9.17, 15) is 9.90 Å². The third-order valence-electron chi connectivity index (χ3n) is 3.47. The minimum atomic E-state index is -1.18. The van der Waals surface area contributed by atoms with Crippen molar-refractivity contribution in [2.45, 2.75) is 25.5 Å². The van der Waals surface area contributed by atoms with E-state index in [0.29, 0.717) is 5.56 Å². The lowest BCUT2D eigenvalue weighted by atomic mass is 10.00. The molecule has 0 saturated heterocycles. The highest BCUT2D eigenvalue weighted by atomic mass is 16.3. The number of pyridine rings is 1. The summed E-state index contributed by atoms with van der Waals surface area (Å²) in [4.78, 5) is 15.9. The number of nitrogens with one attached hydrogen (secondary N) is 2. The molecule has 0 aliphatic rings. The Kier molecular flexibility index (Phi) is 4.77. The zero-order chi connectivity index (χ0) is 16.2. The molecule has 2 atom stereocenters. The van der Waals surface area contributed by atoms with Crippen LogP contribution < -0.4 is 10.6 Å². The van der Waals surface area contributed by atoms with E-state index in [-0.39, 0.29) is 18.6 Å². The summed E-state index contributed by atoms with van der Waals surface area (Å²) < 4.78 is 1.61. The van der Waals surface area contributed by atoms with Gasteiger partial charge in [0.15, 0.2) is 0 Å². The fourth-order valence-electron chi connectivity index (χ4n) is 2.04. The van der Waals surface area contributed by atoms with Crippen molar-refractivity contribution in [1.29, 1.82) is 0 Å². The van der Waals surface area contributed by atoms with E-state index in [1.807, 2.05) is 19.1 Å². The van der Waals surface area contributed by atoms with Crippen LogP contribution in [0, 0.1) is 0 Å². The lowest BCUT2D eigenvalue weighted by molar-refractivity contribution is 0.0592. The van der Waals surface area contributed by atoms with E-state index >= 15 is 0 Å². The van der Waals surface area contributed by atoms with E-state index in [0.717, 1.165) is 5.56 Å². The molecule has 22 heavy (non-hydrogen) atoms. The first-order valence-corrected chi connectivity index (χ1v) is 7.04. The maximum atomic E-state index is 11.9.